The highest BCUT2D eigenvalue weighted by Crippen LogP contribution is 2.30. The van der Waals surface area contributed by atoms with Gasteiger partial charge in [-0.15, -0.1) is 16.4 Å². The predicted octanol–water partition coefficient (Wildman–Crippen LogP) is 2.38. The van der Waals surface area contributed by atoms with Gasteiger partial charge in [-0.05, 0) is 30.4 Å². The molecule has 1 unspecified atom stereocenters. The maximum atomic E-state index is 11.3. The summed E-state index contributed by atoms with van der Waals surface area (Å²) in [7, 11) is 1.67. The molecule has 2 rings (SSSR count). The van der Waals surface area contributed by atoms with E-state index < -0.39 is 6.16 Å². The third kappa shape index (κ3) is 3.01. The number of hydroxylamine groups is 2. The van der Waals surface area contributed by atoms with Crippen molar-refractivity contribution in [2.24, 2.45) is 0 Å². The van der Waals surface area contributed by atoms with Gasteiger partial charge in [0.05, 0.1) is 19.3 Å². The van der Waals surface area contributed by atoms with Crippen molar-refractivity contribution in [3.8, 4) is 0 Å². The molecule has 0 saturated carbocycles. The van der Waals surface area contributed by atoms with Gasteiger partial charge in [-0.25, -0.2) is 4.79 Å². The van der Waals surface area contributed by atoms with E-state index in [2.05, 4.69) is 11.4 Å². The molecule has 1 aliphatic rings. The Morgan fingerprint density at radius 1 is 1.61 bits per heavy atom. The van der Waals surface area contributed by atoms with Gasteiger partial charge in [0.2, 0.25) is 0 Å². The first-order chi connectivity index (χ1) is 8.74. The van der Waals surface area contributed by atoms with Crippen LogP contribution in [0.2, 0.25) is 0 Å². The van der Waals surface area contributed by atoms with Crippen molar-refractivity contribution in [3.05, 3.63) is 21.9 Å². The van der Waals surface area contributed by atoms with Gasteiger partial charge in [0.1, 0.15) is 0 Å². The number of fused-ring (bicyclic) bond motifs is 1. The lowest BCUT2D eigenvalue weighted by Crippen LogP contribution is -2.32. The van der Waals surface area contributed by atoms with E-state index in [1.54, 1.807) is 30.4 Å². The molecule has 2 heterocycles. The zero-order chi connectivity index (χ0) is 13.0. The van der Waals surface area contributed by atoms with Crippen molar-refractivity contribution >= 4 is 17.5 Å². The Morgan fingerprint density at radius 2 is 2.44 bits per heavy atom. The average molecular weight is 271 g/mol. The topological polar surface area (TPSA) is 48.0 Å². The van der Waals surface area contributed by atoms with Crippen LogP contribution in [0.4, 0.5) is 4.79 Å². The van der Waals surface area contributed by atoms with Crippen molar-refractivity contribution in [2.45, 2.75) is 19.4 Å². The summed E-state index contributed by atoms with van der Waals surface area (Å²) in [6.45, 7) is 3.25. The summed E-state index contributed by atoms with van der Waals surface area (Å²) >= 11 is 1.71. The molecule has 1 aromatic heterocycles. The van der Waals surface area contributed by atoms with E-state index in [9.17, 15) is 4.79 Å². The predicted molar refractivity (Wildman–Crippen MR) is 67.5 cm³/mol. The number of carbonyl (C=O) groups excluding carboxylic acids is 1. The molecule has 0 aliphatic carbocycles. The van der Waals surface area contributed by atoms with E-state index >= 15 is 0 Å². The van der Waals surface area contributed by atoms with E-state index in [1.165, 1.54) is 10.4 Å². The molecule has 0 bridgehead atoms. The third-order valence-corrected chi connectivity index (χ3v) is 3.83. The fraction of sp³-hybridized carbons (Fsp3) is 0.583. The van der Waals surface area contributed by atoms with Gasteiger partial charge >= 0.3 is 6.16 Å². The van der Waals surface area contributed by atoms with Gasteiger partial charge < -0.3 is 14.3 Å². The summed E-state index contributed by atoms with van der Waals surface area (Å²) in [4.78, 5) is 17.7. The van der Waals surface area contributed by atoms with Gasteiger partial charge in [-0.1, -0.05) is 0 Å². The molecule has 0 N–H and O–H groups in total. The van der Waals surface area contributed by atoms with Crippen molar-refractivity contribution in [1.82, 2.24) is 5.06 Å². The second-order valence-electron chi connectivity index (χ2n) is 3.94. The van der Waals surface area contributed by atoms with Crippen LogP contribution >= 0.6 is 11.3 Å². The Kier molecular flexibility index (Phi) is 4.57. The lowest BCUT2D eigenvalue weighted by molar-refractivity contribution is -0.143. The minimum atomic E-state index is -0.655. The normalized spacial score (nSPS) is 20.0. The Hall–Kier alpha value is -1.11. The monoisotopic (exact) mass is 271 g/mol. The molecule has 5 nitrogen and oxygen atoms in total. The number of carbonyl (C=O) groups is 1. The molecule has 1 aliphatic heterocycles. The van der Waals surface area contributed by atoms with E-state index in [-0.39, 0.29) is 6.10 Å². The zero-order valence-corrected chi connectivity index (χ0v) is 11.4. The minimum Gasteiger partial charge on any atom is -0.433 e. The van der Waals surface area contributed by atoms with Crippen LogP contribution < -0.4 is 0 Å². The largest absolute Gasteiger partial charge is 0.527 e. The van der Waals surface area contributed by atoms with Gasteiger partial charge in [0.25, 0.3) is 0 Å². The van der Waals surface area contributed by atoms with Gasteiger partial charge in [0, 0.05) is 18.5 Å². The highest BCUT2D eigenvalue weighted by Gasteiger charge is 2.26. The number of methoxy groups -OCH3 is 1. The van der Waals surface area contributed by atoms with Gasteiger partial charge in [-0.3, -0.25) is 0 Å². The Bertz CT molecular complexity index is 407. The molecular weight excluding hydrogens is 254 g/mol. The highest BCUT2D eigenvalue weighted by atomic mass is 32.1. The number of nitrogens with zero attached hydrogens (tertiary/aromatic N) is 1. The lowest BCUT2D eigenvalue weighted by Gasteiger charge is -2.21. The first-order valence-electron chi connectivity index (χ1n) is 5.93. The van der Waals surface area contributed by atoms with E-state index in [1.807, 2.05) is 0 Å². The van der Waals surface area contributed by atoms with Crippen molar-refractivity contribution in [2.75, 3.05) is 26.8 Å². The van der Waals surface area contributed by atoms with E-state index in [0.717, 1.165) is 6.42 Å². The van der Waals surface area contributed by atoms with Crippen molar-refractivity contribution in [1.29, 1.82) is 0 Å². The summed E-state index contributed by atoms with van der Waals surface area (Å²) in [5, 5.41) is 3.68. The standard InChI is InChI=1S/C12H17NO4S/c1-3-16-12(14)17-13-6-4-11-9(5-7-18-11)10(8-13)15-2/h5,7,10H,3-4,6,8H2,1-2H3. The Labute approximate surface area is 110 Å². The molecular formula is C12H17NO4S. The van der Waals surface area contributed by atoms with Crippen LogP contribution in [0, 0.1) is 0 Å². The van der Waals surface area contributed by atoms with Crippen LogP contribution in [0.1, 0.15) is 23.5 Å². The number of ether oxygens (including phenoxy) is 2. The third-order valence-electron chi connectivity index (χ3n) is 2.83. The second-order valence-corrected chi connectivity index (χ2v) is 4.94. The molecule has 0 amide bonds. The number of hydrogen-bond acceptors (Lipinski definition) is 6. The maximum Gasteiger partial charge on any atom is 0.527 e. The number of rotatable bonds is 3. The first kappa shape index (κ1) is 13.3. The fourth-order valence-corrected chi connectivity index (χ4v) is 2.90. The van der Waals surface area contributed by atoms with Crippen LogP contribution in [0.5, 0.6) is 0 Å². The molecule has 0 spiro atoms. The number of thiophene rings is 1. The summed E-state index contributed by atoms with van der Waals surface area (Å²) in [5.74, 6) is 0. The van der Waals surface area contributed by atoms with E-state index in [0.29, 0.717) is 19.7 Å². The van der Waals surface area contributed by atoms with Crippen LogP contribution in [0.15, 0.2) is 11.4 Å². The Morgan fingerprint density at radius 3 is 3.17 bits per heavy atom. The summed E-state index contributed by atoms with van der Waals surface area (Å²) in [6.07, 6.45) is 0.132. The summed E-state index contributed by atoms with van der Waals surface area (Å²) < 4.78 is 10.2. The van der Waals surface area contributed by atoms with Gasteiger partial charge in [-0.2, -0.15) is 0 Å². The van der Waals surface area contributed by atoms with Crippen LogP contribution in [-0.4, -0.2) is 38.0 Å². The fourth-order valence-electron chi connectivity index (χ4n) is 1.98. The van der Waals surface area contributed by atoms with E-state index in [4.69, 9.17) is 14.3 Å². The van der Waals surface area contributed by atoms with Crippen LogP contribution in [0.25, 0.3) is 0 Å². The molecule has 6 heteroatoms. The summed E-state index contributed by atoms with van der Waals surface area (Å²) in [5.41, 5.74) is 1.19. The first-order valence-corrected chi connectivity index (χ1v) is 6.81. The van der Waals surface area contributed by atoms with Gasteiger partial charge in [0.15, 0.2) is 0 Å². The molecule has 1 aromatic rings. The minimum absolute atomic E-state index is 0.0665. The highest BCUT2D eigenvalue weighted by molar-refractivity contribution is 7.10. The molecule has 100 valence electrons. The smallest absolute Gasteiger partial charge is 0.433 e. The molecule has 0 radical (unpaired) electrons. The molecule has 1 atom stereocenters. The summed E-state index contributed by atoms with van der Waals surface area (Å²) in [6, 6.07) is 2.07. The van der Waals surface area contributed by atoms with Crippen LogP contribution in [-0.2, 0) is 20.7 Å². The SMILES string of the molecule is CCOC(=O)ON1CCc2sccc2C(OC)C1. The molecule has 0 aromatic carbocycles. The van der Waals surface area contributed by atoms with Crippen molar-refractivity contribution in [3.63, 3.8) is 0 Å². The number of hydrogen-bond donors (Lipinski definition) is 0. The van der Waals surface area contributed by atoms with Crippen LogP contribution in [0.3, 0.4) is 0 Å². The molecule has 18 heavy (non-hydrogen) atoms. The average Bonchev–Trinajstić information content (AvgIpc) is 2.75. The van der Waals surface area contributed by atoms with Crippen molar-refractivity contribution < 1.29 is 19.1 Å². The quantitative estimate of drug-likeness (QED) is 0.790. The molecule has 0 fully saturated rings. The zero-order valence-electron chi connectivity index (χ0n) is 10.5. The molecule has 0 saturated heterocycles. The Balaban J connectivity index is 2.01. The lowest BCUT2D eigenvalue weighted by atomic mass is 10.1. The maximum absolute atomic E-state index is 11.3. The second kappa shape index (κ2) is 6.17.